The predicted octanol–water partition coefficient (Wildman–Crippen LogP) is 0.421. The van der Waals surface area contributed by atoms with E-state index in [4.69, 9.17) is 21.4 Å². The fourth-order valence-electron chi connectivity index (χ4n) is 2.84. The molecule has 0 radical (unpaired) electrons. The molecule has 4 atom stereocenters. The molecular weight excluding hydrogens is 370 g/mol. The van der Waals surface area contributed by atoms with Gasteiger partial charge in [0.15, 0.2) is 21.5 Å². The van der Waals surface area contributed by atoms with Crippen LogP contribution >= 0.6 is 23.4 Å². The standard InChI is InChI=1S/C14H20ClN5O4S/c1-2-5-25-14-16-12(15)9-13(17-14)20(19-18-9)7-6-8(24-4-3-21)11(23)10(7)22/h7-8,10-11,21-23H,2-6H2,1H3/t7?,8-,10?,11?/m0/s1. The molecule has 11 heteroatoms. The normalized spacial score (nSPS) is 26.6. The molecule has 1 saturated carbocycles. The van der Waals surface area contributed by atoms with Gasteiger partial charge in [-0.15, -0.1) is 5.10 Å². The van der Waals surface area contributed by atoms with Crippen molar-refractivity contribution in [3.05, 3.63) is 5.15 Å². The number of hydrogen-bond acceptors (Lipinski definition) is 9. The average molecular weight is 390 g/mol. The Kier molecular flexibility index (Phi) is 6.08. The summed E-state index contributed by atoms with van der Waals surface area (Å²) in [5.41, 5.74) is 0.765. The maximum atomic E-state index is 10.4. The number of hydrogen-bond donors (Lipinski definition) is 3. The SMILES string of the molecule is CCCSc1nc(Cl)c2nnn(C3C[C@H](OCCO)C(O)C3O)c2n1. The number of rotatable bonds is 7. The van der Waals surface area contributed by atoms with Crippen LogP contribution < -0.4 is 0 Å². The van der Waals surface area contributed by atoms with Gasteiger partial charge in [0.05, 0.1) is 25.4 Å². The van der Waals surface area contributed by atoms with E-state index >= 15 is 0 Å². The van der Waals surface area contributed by atoms with E-state index in [1.165, 1.54) is 16.4 Å². The minimum atomic E-state index is -1.09. The van der Waals surface area contributed by atoms with Crippen LogP contribution in [0.3, 0.4) is 0 Å². The first-order chi connectivity index (χ1) is 12.1. The summed E-state index contributed by atoms with van der Waals surface area (Å²) in [5, 5.41) is 38.2. The van der Waals surface area contributed by atoms with Crippen LogP contribution in [0.25, 0.3) is 11.2 Å². The van der Waals surface area contributed by atoms with Gasteiger partial charge in [-0.05, 0) is 6.42 Å². The van der Waals surface area contributed by atoms with Crippen molar-refractivity contribution in [1.82, 2.24) is 25.0 Å². The molecule has 1 aliphatic rings. The van der Waals surface area contributed by atoms with Crippen LogP contribution in [0, 0.1) is 0 Å². The lowest BCUT2D eigenvalue weighted by Gasteiger charge is -2.17. The number of ether oxygens (including phenoxy) is 1. The van der Waals surface area contributed by atoms with Gasteiger partial charge in [-0.25, -0.2) is 14.6 Å². The van der Waals surface area contributed by atoms with Gasteiger partial charge in [0, 0.05) is 12.2 Å². The first-order valence-corrected chi connectivity index (χ1v) is 9.43. The van der Waals surface area contributed by atoms with E-state index in [9.17, 15) is 10.2 Å². The molecule has 0 amide bonds. The smallest absolute Gasteiger partial charge is 0.191 e. The number of fused-ring (bicyclic) bond motifs is 1. The molecule has 0 aliphatic heterocycles. The third-order valence-electron chi connectivity index (χ3n) is 4.03. The van der Waals surface area contributed by atoms with Crippen molar-refractivity contribution >= 4 is 34.5 Å². The van der Waals surface area contributed by atoms with Gasteiger partial charge in [-0.2, -0.15) is 0 Å². The maximum absolute atomic E-state index is 10.4. The van der Waals surface area contributed by atoms with E-state index < -0.39 is 24.4 Å². The van der Waals surface area contributed by atoms with Crippen molar-refractivity contribution in [2.45, 2.75) is 49.3 Å². The van der Waals surface area contributed by atoms with Gasteiger partial charge in [0.2, 0.25) is 0 Å². The fourth-order valence-corrected chi connectivity index (χ4v) is 3.79. The zero-order valence-electron chi connectivity index (χ0n) is 13.6. The molecule has 0 bridgehead atoms. The second-order valence-corrected chi connectivity index (χ2v) is 7.19. The van der Waals surface area contributed by atoms with Crippen molar-refractivity contribution in [1.29, 1.82) is 0 Å². The molecule has 0 spiro atoms. The van der Waals surface area contributed by atoms with E-state index in [1.54, 1.807) is 0 Å². The lowest BCUT2D eigenvalue weighted by molar-refractivity contribution is -0.0629. The quantitative estimate of drug-likeness (QED) is 0.350. The number of aliphatic hydroxyl groups is 3. The maximum Gasteiger partial charge on any atom is 0.191 e. The van der Waals surface area contributed by atoms with Gasteiger partial charge >= 0.3 is 0 Å². The summed E-state index contributed by atoms with van der Waals surface area (Å²) >= 11 is 7.66. The number of aliphatic hydroxyl groups excluding tert-OH is 3. The Morgan fingerprint density at radius 3 is 2.84 bits per heavy atom. The summed E-state index contributed by atoms with van der Waals surface area (Å²) in [5.74, 6) is 0.852. The van der Waals surface area contributed by atoms with Crippen LogP contribution in [0.1, 0.15) is 25.8 Å². The van der Waals surface area contributed by atoms with E-state index in [1.807, 2.05) is 0 Å². The Hall–Kier alpha value is -1.04. The number of aromatic nitrogens is 5. The third kappa shape index (κ3) is 3.74. The van der Waals surface area contributed by atoms with Gasteiger partial charge in [-0.3, -0.25) is 0 Å². The monoisotopic (exact) mass is 389 g/mol. The highest BCUT2D eigenvalue weighted by atomic mass is 35.5. The van der Waals surface area contributed by atoms with Crippen LogP contribution in [0.5, 0.6) is 0 Å². The molecule has 138 valence electrons. The summed E-state index contributed by atoms with van der Waals surface area (Å²) in [4.78, 5) is 8.66. The third-order valence-corrected chi connectivity index (χ3v) is 5.35. The van der Waals surface area contributed by atoms with Crippen molar-refractivity contribution in [3.63, 3.8) is 0 Å². The minimum Gasteiger partial charge on any atom is -0.394 e. The summed E-state index contributed by atoms with van der Waals surface area (Å²) in [7, 11) is 0. The van der Waals surface area contributed by atoms with Gasteiger partial charge in [-0.1, -0.05) is 35.5 Å². The van der Waals surface area contributed by atoms with E-state index in [-0.39, 0.29) is 18.4 Å². The van der Waals surface area contributed by atoms with Crippen LogP contribution in [0.4, 0.5) is 0 Å². The Balaban J connectivity index is 1.91. The molecule has 2 aromatic heterocycles. The van der Waals surface area contributed by atoms with Crippen LogP contribution in [-0.2, 0) is 4.74 Å². The topological polar surface area (TPSA) is 126 Å². The number of halogens is 1. The van der Waals surface area contributed by atoms with Gasteiger partial charge in [0.25, 0.3) is 0 Å². The molecule has 3 N–H and O–H groups in total. The molecule has 3 rings (SSSR count). The summed E-state index contributed by atoms with van der Waals surface area (Å²) < 4.78 is 6.86. The molecule has 0 aromatic carbocycles. The van der Waals surface area contributed by atoms with Crippen LogP contribution in [0.15, 0.2) is 5.16 Å². The van der Waals surface area contributed by atoms with Crippen molar-refractivity contribution in [2.75, 3.05) is 19.0 Å². The van der Waals surface area contributed by atoms with Crippen molar-refractivity contribution in [2.24, 2.45) is 0 Å². The van der Waals surface area contributed by atoms with E-state index in [2.05, 4.69) is 27.2 Å². The van der Waals surface area contributed by atoms with E-state index in [0.717, 1.165) is 12.2 Å². The lowest BCUT2D eigenvalue weighted by Crippen LogP contribution is -2.33. The molecule has 2 heterocycles. The molecule has 3 unspecified atom stereocenters. The van der Waals surface area contributed by atoms with E-state index in [0.29, 0.717) is 22.7 Å². The van der Waals surface area contributed by atoms with Gasteiger partial charge in [0.1, 0.15) is 12.2 Å². The number of thioether (sulfide) groups is 1. The van der Waals surface area contributed by atoms with Crippen LogP contribution in [-0.4, -0.2) is 77.6 Å². The lowest BCUT2D eigenvalue weighted by atomic mass is 10.2. The molecule has 1 aliphatic carbocycles. The highest BCUT2D eigenvalue weighted by Gasteiger charge is 2.44. The average Bonchev–Trinajstić information content (AvgIpc) is 3.14. The Morgan fingerprint density at radius 1 is 1.32 bits per heavy atom. The highest BCUT2D eigenvalue weighted by Crippen LogP contribution is 2.34. The Morgan fingerprint density at radius 2 is 2.12 bits per heavy atom. The molecule has 25 heavy (non-hydrogen) atoms. The second-order valence-electron chi connectivity index (χ2n) is 5.77. The molecule has 2 aromatic rings. The largest absolute Gasteiger partial charge is 0.394 e. The second kappa shape index (κ2) is 8.11. The molecular formula is C14H20ClN5O4S. The zero-order chi connectivity index (χ0) is 18.0. The fraction of sp³-hybridized carbons (Fsp3) is 0.714. The zero-order valence-corrected chi connectivity index (χ0v) is 15.2. The van der Waals surface area contributed by atoms with Crippen molar-refractivity contribution < 1.29 is 20.1 Å². The van der Waals surface area contributed by atoms with Crippen LogP contribution in [0.2, 0.25) is 5.15 Å². The summed E-state index contributed by atoms with van der Waals surface area (Å²) in [6.07, 6.45) is -1.48. The first-order valence-electron chi connectivity index (χ1n) is 8.06. The summed E-state index contributed by atoms with van der Waals surface area (Å²) in [6.45, 7) is 1.99. The Bertz CT molecular complexity index is 733. The van der Waals surface area contributed by atoms with Gasteiger partial charge < -0.3 is 20.1 Å². The first kappa shape index (κ1) is 18.7. The van der Waals surface area contributed by atoms with Crippen molar-refractivity contribution in [3.8, 4) is 0 Å². The minimum absolute atomic E-state index is 0.0884. The Labute approximate surface area is 153 Å². The highest BCUT2D eigenvalue weighted by molar-refractivity contribution is 7.99. The predicted molar refractivity (Wildman–Crippen MR) is 91.6 cm³/mol. The summed E-state index contributed by atoms with van der Waals surface area (Å²) in [6, 6.07) is -0.557. The molecule has 9 nitrogen and oxygen atoms in total. The molecule has 1 fully saturated rings. The number of nitrogens with zero attached hydrogens (tertiary/aromatic N) is 5. The molecule has 0 saturated heterocycles.